The number of Topliss-reactive ketones (excluding diaryl/α,β-unsaturated/α-hetero) is 1. The van der Waals surface area contributed by atoms with Crippen LogP contribution in [0, 0.1) is 56.2 Å². The number of carboxylic acid groups (broad SMARTS) is 1. The molecule has 9 atom stereocenters. The molecule has 4 saturated carbocycles. The van der Waals surface area contributed by atoms with E-state index < -0.39 is 28.9 Å². The Bertz CT molecular complexity index is 2020. The lowest BCUT2D eigenvalue weighted by Crippen LogP contribution is -2.66. The Kier molecular flexibility index (Phi) is 11.2. The van der Waals surface area contributed by atoms with Gasteiger partial charge in [0, 0.05) is 36.5 Å². The minimum atomic E-state index is -1.19. The van der Waals surface area contributed by atoms with Crippen molar-refractivity contribution in [2.24, 2.45) is 56.2 Å². The minimum absolute atomic E-state index is 0.0114. The Morgan fingerprint density at radius 2 is 1.69 bits per heavy atom. The first-order chi connectivity index (χ1) is 27.4. The van der Waals surface area contributed by atoms with Gasteiger partial charge < -0.3 is 24.4 Å². The molecular weight excluding hydrogens is 766 g/mol. The second kappa shape index (κ2) is 15.0. The average molecular weight is 835 g/mol. The van der Waals surface area contributed by atoms with Gasteiger partial charge in [0.15, 0.2) is 17.4 Å². The number of ether oxygens (including phenoxy) is 1. The zero-order chi connectivity index (χ0) is 43.2. The van der Waals surface area contributed by atoms with Crippen LogP contribution in [0.5, 0.6) is 0 Å². The molecule has 0 spiro atoms. The van der Waals surface area contributed by atoms with Gasteiger partial charge in [0.2, 0.25) is 0 Å². The summed E-state index contributed by atoms with van der Waals surface area (Å²) in [5.41, 5.74) is 0.347. The van der Waals surface area contributed by atoms with Crippen LogP contribution in [0.25, 0.3) is 11.5 Å². The lowest BCUT2D eigenvalue weighted by Gasteiger charge is -2.72. The first kappa shape index (κ1) is 43.9. The van der Waals surface area contributed by atoms with Crippen LogP contribution in [0.1, 0.15) is 138 Å². The number of aliphatic hydroxyl groups excluding tert-OH is 1. The van der Waals surface area contributed by atoms with E-state index in [1.807, 2.05) is 24.7 Å². The summed E-state index contributed by atoms with van der Waals surface area (Å²) in [4.78, 5) is 46.1. The van der Waals surface area contributed by atoms with Gasteiger partial charge in [-0.1, -0.05) is 60.1 Å². The fourth-order valence-corrected chi connectivity index (χ4v) is 13.9. The van der Waals surface area contributed by atoms with Crippen LogP contribution in [0.2, 0.25) is 5.02 Å². The highest BCUT2D eigenvalue weighted by Gasteiger charge is 2.71. The molecule has 0 aliphatic heterocycles. The SMILES string of the molecule is CC(C)C1=C2[C@H]3CC[C@@H]4[C@@]5(C)CC[C@H](OC(=O)CC(C)(C)C(=O)O)C(C)(C)[C@@H]5CC[C@@]4(C)[C@]3(C)CC[C@@]2([C@@H](O)c2nnc(-c3ccc(Cl)cn3)n2CCN(C)C)CC1=O. The Morgan fingerprint density at radius 3 is 2.32 bits per heavy atom. The Hall–Kier alpha value is -3.15. The van der Waals surface area contributed by atoms with Gasteiger partial charge in [-0.25, -0.2) is 0 Å². The molecule has 59 heavy (non-hydrogen) atoms. The lowest BCUT2D eigenvalue weighted by molar-refractivity contribution is -0.235. The van der Waals surface area contributed by atoms with E-state index in [4.69, 9.17) is 21.4 Å². The van der Waals surface area contributed by atoms with Crippen LogP contribution in [0.4, 0.5) is 0 Å². The highest BCUT2D eigenvalue weighted by molar-refractivity contribution is 6.30. The van der Waals surface area contributed by atoms with Crippen molar-refractivity contribution in [3.63, 3.8) is 0 Å². The molecule has 12 heteroatoms. The largest absolute Gasteiger partial charge is 0.481 e. The van der Waals surface area contributed by atoms with Crippen LogP contribution in [-0.4, -0.2) is 79.3 Å². The molecular formula is C47H68ClN5O6. The predicted octanol–water partition coefficient (Wildman–Crippen LogP) is 8.98. The average Bonchev–Trinajstić information content (AvgIpc) is 3.70. The van der Waals surface area contributed by atoms with Gasteiger partial charge in [-0.2, -0.15) is 0 Å². The summed E-state index contributed by atoms with van der Waals surface area (Å²) in [6, 6.07) is 3.62. The number of ketones is 1. The predicted molar refractivity (Wildman–Crippen MR) is 227 cm³/mol. The molecule has 0 radical (unpaired) electrons. The standard InChI is InChI=1S/C47H68ClN5O6/c1-27(2)36-31(54)24-47(38(56)40-51-50-39(53(40)23-22-52(10)11)30-14-12-28(48)26-49-30)21-20-45(8)29(37(36)47)13-15-33-44(7)18-17-34(59-35(55)25-42(3,4)41(57)58)43(5,6)32(44)16-19-46(33,45)9/h12,14,26-27,29,32-34,38,56H,13,15-25H2,1-11H3,(H,57,58)/t29-,32+,33-,34+,38+,44+,45-,46-,47-/m1/s1. The van der Waals surface area contributed by atoms with Gasteiger partial charge in [0.1, 0.15) is 17.9 Å². The maximum absolute atomic E-state index is 14.4. The fourth-order valence-electron chi connectivity index (χ4n) is 13.8. The molecule has 2 aromatic rings. The number of aliphatic carboxylic acids is 1. The van der Waals surface area contributed by atoms with Gasteiger partial charge in [0.05, 0.1) is 16.9 Å². The van der Waals surface area contributed by atoms with E-state index in [0.29, 0.717) is 53.7 Å². The van der Waals surface area contributed by atoms with Crippen LogP contribution in [0.15, 0.2) is 29.5 Å². The van der Waals surface area contributed by atoms with Crippen LogP contribution < -0.4 is 0 Å². The summed E-state index contributed by atoms with van der Waals surface area (Å²) in [5.74, 6) is 0.683. The molecule has 5 aliphatic carbocycles. The summed E-state index contributed by atoms with van der Waals surface area (Å²) in [5, 5.41) is 32.5. The normalized spacial score (nSPS) is 34.6. The van der Waals surface area contributed by atoms with Crippen molar-refractivity contribution in [3.05, 3.63) is 40.3 Å². The number of carboxylic acids is 1. The molecule has 324 valence electrons. The number of carbonyl (C=O) groups is 3. The number of allylic oxidation sites excluding steroid dienone is 1. The molecule has 0 amide bonds. The van der Waals surface area contributed by atoms with Crippen molar-refractivity contribution in [2.75, 3.05) is 20.6 Å². The van der Waals surface area contributed by atoms with E-state index in [9.17, 15) is 24.6 Å². The van der Waals surface area contributed by atoms with Crippen LogP contribution >= 0.6 is 11.6 Å². The second-order valence-electron chi connectivity index (χ2n) is 21.7. The number of hydrogen-bond donors (Lipinski definition) is 2. The Labute approximate surface area is 356 Å². The zero-order valence-electron chi connectivity index (χ0n) is 37.3. The van der Waals surface area contributed by atoms with Crippen LogP contribution in [-0.2, 0) is 25.7 Å². The van der Waals surface area contributed by atoms with E-state index in [-0.39, 0.29) is 58.2 Å². The fraction of sp³-hybridized carbons (Fsp3) is 0.745. The van der Waals surface area contributed by atoms with Crippen molar-refractivity contribution in [1.29, 1.82) is 0 Å². The number of hydrogen-bond acceptors (Lipinski definition) is 9. The molecule has 0 saturated heterocycles. The lowest BCUT2D eigenvalue weighted by atomic mass is 9.33. The second-order valence-corrected chi connectivity index (χ2v) is 22.1. The Morgan fingerprint density at radius 1 is 0.983 bits per heavy atom. The summed E-state index contributed by atoms with van der Waals surface area (Å²) >= 11 is 6.21. The third-order valence-electron chi connectivity index (χ3n) is 17.1. The molecule has 0 aromatic carbocycles. The number of aliphatic hydroxyl groups is 1. The summed E-state index contributed by atoms with van der Waals surface area (Å²) < 4.78 is 8.20. The number of halogens is 1. The van der Waals surface area contributed by atoms with Crippen LogP contribution in [0.3, 0.4) is 0 Å². The third kappa shape index (κ3) is 6.82. The number of fused-ring (bicyclic) bond motifs is 7. The quantitative estimate of drug-likeness (QED) is 0.210. The molecule has 2 aromatic heterocycles. The van der Waals surface area contributed by atoms with E-state index in [1.54, 1.807) is 26.1 Å². The molecule has 5 aliphatic rings. The first-order valence-corrected chi connectivity index (χ1v) is 22.4. The monoisotopic (exact) mass is 833 g/mol. The number of pyridine rings is 1. The van der Waals surface area contributed by atoms with Gasteiger partial charge in [0.25, 0.3) is 0 Å². The maximum Gasteiger partial charge on any atom is 0.309 e. The van der Waals surface area contributed by atoms with Crippen molar-refractivity contribution >= 4 is 29.3 Å². The molecule has 7 rings (SSSR count). The summed E-state index contributed by atoms with van der Waals surface area (Å²) in [6.07, 6.45) is 7.70. The molecule has 2 N–H and O–H groups in total. The number of likely N-dealkylation sites (N-methyl/N-ethyl adjacent to an activating group) is 1. The Balaban J connectivity index is 1.23. The van der Waals surface area contributed by atoms with Gasteiger partial charge in [-0.05, 0) is 143 Å². The van der Waals surface area contributed by atoms with Crippen molar-refractivity contribution < 1.29 is 29.3 Å². The van der Waals surface area contributed by atoms with Crippen molar-refractivity contribution in [1.82, 2.24) is 24.6 Å². The van der Waals surface area contributed by atoms with Gasteiger partial charge in [-0.3, -0.25) is 19.4 Å². The minimum Gasteiger partial charge on any atom is -0.481 e. The molecule has 0 bridgehead atoms. The van der Waals surface area contributed by atoms with E-state index in [2.05, 4.69) is 63.4 Å². The molecule has 2 heterocycles. The van der Waals surface area contributed by atoms with E-state index in [1.165, 1.54) is 5.57 Å². The smallest absolute Gasteiger partial charge is 0.309 e. The number of nitrogens with zero attached hydrogens (tertiary/aromatic N) is 5. The summed E-state index contributed by atoms with van der Waals surface area (Å²) in [7, 11) is 4.04. The van der Waals surface area contributed by atoms with Crippen molar-refractivity contribution in [2.45, 2.75) is 145 Å². The number of aromatic nitrogens is 4. The van der Waals surface area contributed by atoms with Gasteiger partial charge in [-0.15, -0.1) is 10.2 Å². The zero-order valence-corrected chi connectivity index (χ0v) is 38.1. The highest BCUT2D eigenvalue weighted by Crippen LogP contribution is 2.77. The molecule has 0 unspecified atom stereocenters. The topological polar surface area (TPSA) is 148 Å². The maximum atomic E-state index is 14.4. The van der Waals surface area contributed by atoms with E-state index >= 15 is 0 Å². The van der Waals surface area contributed by atoms with Crippen molar-refractivity contribution in [3.8, 4) is 11.5 Å². The highest BCUT2D eigenvalue weighted by atomic mass is 35.5. The number of rotatable bonds is 11. The number of esters is 1. The summed E-state index contributed by atoms with van der Waals surface area (Å²) in [6.45, 7) is 20.7. The molecule has 4 fully saturated rings. The van der Waals surface area contributed by atoms with E-state index in [0.717, 1.165) is 50.5 Å². The first-order valence-electron chi connectivity index (χ1n) is 22.0. The van der Waals surface area contributed by atoms with Gasteiger partial charge >= 0.3 is 11.9 Å². The molecule has 11 nitrogen and oxygen atoms in total. The third-order valence-corrected chi connectivity index (χ3v) is 17.4. The number of carbonyl (C=O) groups excluding carboxylic acids is 2.